The number of anilines is 2. The number of oxazole rings is 1. The van der Waals surface area contributed by atoms with Gasteiger partial charge in [0.1, 0.15) is 11.9 Å². The molecule has 4 aromatic rings. The van der Waals surface area contributed by atoms with Gasteiger partial charge in [0.25, 0.3) is 5.91 Å². The van der Waals surface area contributed by atoms with Gasteiger partial charge in [0.2, 0.25) is 11.5 Å². The Labute approximate surface area is 196 Å². The highest BCUT2D eigenvalue weighted by atomic mass is 19.4. The van der Waals surface area contributed by atoms with Crippen LogP contribution in [-0.4, -0.2) is 44.0 Å². The molecule has 1 saturated heterocycles. The number of hydrogen-bond donors (Lipinski definition) is 1. The van der Waals surface area contributed by atoms with Gasteiger partial charge in [-0.15, -0.1) is 0 Å². The number of alkyl halides is 3. The van der Waals surface area contributed by atoms with Crippen molar-refractivity contribution in [2.75, 3.05) is 16.8 Å². The summed E-state index contributed by atoms with van der Waals surface area (Å²) in [5.74, 6) is -0.522. The molecule has 182 valence electrons. The summed E-state index contributed by atoms with van der Waals surface area (Å²) in [4.78, 5) is 26.3. The lowest BCUT2D eigenvalue weighted by Crippen LogP contribution is -2.41. The molecular formula is C23H20F4N6O2. The zero-order chi connectivity index (χ0) is 24.9. The Kier molecular flexibility index (Phi) is 5.45. The number of nitrogens with zero attached hydrogens (tertiary/aromatic N) is 5. The van der Waals surface area contributed by atoms with E-state index >= 15 is 0 Å². The van der Waals surface area contributed by atoms with E-state index in [9.17, 15) is 22.4 Å². The summed E-state index contributed by atoms with van der Waals surface area (Å²) in [6.45, 7) is 3.52. The molecule has 0 aliphatic carbocycles. The predicted octanol–water partition coefficient (Wildman–Crippen LogP) is 4.92. The molecule has 5 rings (SSSR count). The Hall–Kier alpha value is -3.96. The van der Waals surface area contributed by atoms with Crippen LogP contribution < -0.4 is 10.2 Å². The van der Waals surface area contributed by atoms with Crippen LogP contribution in [0.1, 0.15) is 35.0 Å². The molecule has 0 spiro atoms. The Balaban J connectivity index is 1.44. The smallest absolute Gasteiger partial charge is 0.408 e. The Morgan fingerprint density at radius 2 is 2.00 bits per heavy atom. The van der Waals surface area contributed by atoms with E-state index in [-0.39, 0.29) is 35.8 Å². The Morgan fingerprint density at radius 3 is 2.71 bits per heavy atom. The van der Waals surface area contributed by atoms with E-state index in [2.05, 4.69) is 20.3 Å². The number of imidazole rings is 1. The van der Waals surface area contributed by atoms with Crippen LogP contribution in [0.5, 0.6) is 0 Å². The normalized spacial score (nSPS) is 16.3. The third-order valence-electron chi connectivity index (χ3n) is 5.87. The van der Waals surface area contributed by atoms with Crippen molar-refractivity contribution in [3.63, 3.8) is 0 Å². The van der Waals surface area contributed by atoms with Gasteiger partial charge in [-0.2, -0.15) is 13.2 Å². The molecule has 4 heterocycles. The predicted molar refractivity (Wildman–Crippen MR) is 119 cm³/mol. The Morgan fingerprint density at radius 1 is 1.20 bits per heavy atom. The first-order valence-electron chi connectivity index (χ1n) is 10.8. The quantitative estimate of drug-likeness (QED) is 0.410. The summed E-state index contributed by atoms with van der Waals surface area (Å²) >= 11 is 0. The molecule has 1 aliphatic heterocycles. The van der Waals surface area contributed by atoms with Crippen molar-refractivity contribution in [1.29, 1.82) is 0 Å². The second kappa shape index (κ2) is 8.36. The second-order valence-corrected chi connectivity index (χ2v) is 8.33. The molecular weight excluding hydrogens is 468 g/mol. The van der Waals surface area contributed by atoms with Crippen LogP contribution >= 0.6 is 0 Å². The highest BCUT2D eigenvalue weighted by Gasteiger charge is 2.46. The second-order valence-electron chi connectivity index (χ2n) is 8.33. The fourth-order valence-corrected chi connectivity index (χ4v) is 4.30. The number of nitrogens with one attached hydrogen (secondary N) is 1. The number of aryl methyl sites for hydroxylation is 2. The highest BCUT2D eigenvalue weighted by molar-refractivity contribution is 6.03. The van der Waals surface area contributed by atoms with Crippen molar-refractivity contribution in [1.82, 2.24) is 19.4 Å². The molecule has 12 heteroatoms. The maximum atomic E-state index is 14.7. The van der Waals surface area contributed by atoms with E-state index in [0.717, 1.165) is 0 Å². The lowest BCUT2D eigenvalue weighted by atomic mass is 10.1. The number of aromatic nitrogens is 4. The number of carbonyl (C=O) groups excluding carboxylic acids is 1. The van der Waals surface area contributed by atoms with Crippen molar-refractivity contribution in [3.8, 4) is 11.3 Å². The topological polar surface area (TPSA) is 88.6 Å². The van der Waals surface area contributed by atoms with Crippen LogP contribution in [0, 0.1) is 19.7 Å². The average Bonchev–Trinajstić information content (AvgIpc) is 3.51. The van der Waals surface area contributed by atoms with Crippen molar-refractivity contribution in [2.45, 2.75) is 38.9 Å². The van der Waals surface area contributed by atoms with Crippen LogP contribution in [0.2, 0.25) is 0 Å². The van der Waals surface area contributed by atoms with Gasteiger partial charge in [0.05, 0.1) is 23.3 Å². The molecule has 1 N–H and O–H groups in total. The number of rotatable bonds is 4. The minimum atomic E-state index is -4.34. The van der Waals surface area contributed by atoms with Gasteiger partial charge in [0, 0.05) is 37.1 Å². The van der Waals surface area contributed by atoms with Gasteiger partial charge in [0.15, 0.2) is 5.89 Å². The van der Waals surface area contributed by atoms with E-state index in [0.29, 0.717) is 29.4 Å². The first-order valence-corrected chi connectivity index (χ1v) is 10.8. The molecule has 1 atom stereocenters. The van der Waals surface area contributed by atoms with Crippen LogP contribution in [0.3, 0.4) is 0 Å². The highest BCUT2D eigenvalue weighted by Crippen LogP contribution is 2.36. The number of hydrogen-bond acceptors (Lipinski definition) is 6. The molecule has 1 unspecified atom stereocenters. The first kappa shape index (κ1) is 22.8. The average molecular weight is 488 g/mol. The lowest BCUT2D eigenvalue weighted by molar-refractivity contribution is -0.146. The number of fused-ring (bicyclic) bond motifs is 1. The van der Waals surface area contributed by atoms with Crippen molar-refractivity contribution >= 4 is 23.1 Å². The monoisotopic (exact) mass is 488 g/mol. The molecule has 3 aromatic heterocycles. The van der Waals surface area contributed by atoms with Crippen LogP contribution in [-0.2, 0) is 0 Å². The van der Waals surface area contributed by atoms with E-state index in [1.54, 1.807) is 13.8 Å². The van der Waals surface area contributed by atoms with Gasteiger partial charge in [-0.3, -0.25) is 9.20 Å². The fourth-order valence-electron chi connectivity index (χ4n) is 4.30. The third kappa shape index (κ3) is 4.31. The summed E-state index contributed by atoms with van der Waals surface area (Å²) in [7, 11) is 0. The summed E-state index contributed by atoms with van der Waals surface area (Å²) in [6.07, 6.45) is 0.426. The van der Waals surface area contributed by atoms with Gasteiger partial charge >= 0.3 is 6.18 Å². The van der Waals surface area contributed by atoms with Gasteiger partial charge < -0.3 is 14.6 Å². The van der Waals surface area contributed by atoms with Crippen molar-refractivity contribution in [3.05, 3.63) is 60.0 Å². The standard InChI is InChI=1S/C23H20F4N6O2/c1-12-20(35-13(2)29-12)21(34)30-14-5-6-17(24)16(8-14)18-11-32-10-15(9-28-22(32)31-18)33-7-3-4-19(33)23(25,26)27/h5-6,8-11,19H,3-4,7H2,1-2H3,(H,30,34). The van der Waals surface area contributed by atoms with Crippen LogP contribution in [0.4, 0.5) is 28.9 Å². The molecule has 0 bridgehead atoms. The molecule has 1 amide bonds. The van der Waals surface area contributed by atoms with E-state index in [1.165, 1.54) is 46.1 Å². The minimum absolute atomic E-state index is 0.0214. The summed E-state index contributed by atoms with van der Waals surface area (Å²) in [5.41, 5.74) is 1.34. The van der Waals surface area contributed by atoms with Crippen LogP contribution in [0.15, 0.2) is 41.2 Å². The zero-order valence-electron chi connectivity index (χ0n) is 18.7. The molecule has 1 aromatic carbocycles. The first-order chi connectivity index (χ1) is 16.6. The SMILES string of the molecule is Cc1nc(C)c(C(=O)Nc2ccc(F)c(-c3cn4cc(N5CCCC5C(F)(F)F)cnc4n3)c2)o1. The largest absolute Gasteiger partial charge is 0.436 e. The number of halogens is 4. The molecule has 0 radical (unpaired) electrons. The number of carbonyl (C=O) groups is 1. The lowest BCUT2D eigenvalue weighted by Gasteiger charge is -2.28. The Bertz CT molecular complexity index is 1430. The van der Waals surface area contributed by atoms with Gasteiger partial charge in [-0.25, -0.2) is 19.3 Å². The van der Waals surface area contributed by atoms with Gasteiger partial charge in [-0.1, -0.05) is 0 Å². The summed E-state index contributed by atoms with van der Waals surface area (Å²) in [6, 6.07) is 2.42. The van der Waals surface area contributed by atoms with E-state index < -0.39 is 23.9 Å². The maximum absolute atomic E-state index is 14.7. The molecule has 0 saturated carbocycles. The molecule has 35 heavy (non-hydrogen) atoms. The number of amides is 1. The fraction of sp³-hybridized carbons (Fsp3) is 0.304. The summed E-state index contributed by atoms with van der Waals surface area (Å²) in [5, 5.41) is 2.65. The molecule has 1 fully saturated rings. The van der Waals surface area contributed by atoms with Crippen LogP contribution in [0.25, 0.3) is 17.0 Å². The van der Waals surface area contributed by atoms with Gasteiger partial charge in [-0.05, 0) is 38.0 Å². The van der Waals surface area contributed by atoms with Crippen molar-refractivity contribution < 1.29 is 26.8 Å². The number of benzene rings is 1. The van der Waals surface area contributed by atoms with E-state index in [4.69, 9.17) is 4.42 Å². The minimum Gasteiger partial charge on any atom is -0.436 e. The zero-order valence-corrected chi connectivity index (χ0v) is 18.7. The molecule has 1 aliphatic rings. The summed E-state index contributed by atoms with van der Waals surface area (Å²) < 4.78 is 61.6. The van der Waals surface area contributed by atoms with E-state index in [1.807, 2.05) is 0 Å². The maximum Gasteiger partial charge on any atom is 0.408 e. The van der Waals surface area contributed by atoms with Crippen molar-refractivity contribution in [2.24, 2.45) is 0 Å². The molecule has 8 nitrogen and oxygen atoms in total. The third-order valence-corrected chi connectivity index (χ3v) is 5.87.